The number of unbranched alkanes of at least 4 members (excludes halogenated alkanes) is 6. The van der Waals surface area contributed by atoms with Crippen LogP contribution in [0.4, 0.5) is 0 Å². The maximum absolute atomic E-state index is 5.45. The largest absolute Gasteiger partial charge is 0.330 e. The second kappa shape index (κ2) is 9.41. The zero-order chi connectivity index (χ0) is 11.5. The van der Waals surface area contributed by atoms with E-state index in [0.29, 0.717) is 0 Å². The first-order chi connectivity index (χ1) is 7.93. The Morgan fingerprint density at radius 3 is 2.19 bits per heavy atom. The minimum atomic E-state index is 0.851. The van der Waals surface area contributed by atoms with Crippen LogP contribution < -0.4 is 5.73 Å². The Morgan fingerprint density at radius 1 is 0.875 bits per heavy atom. The van der Waals surface area contributed by atoms with Crippen molar-refractivity contribution in [3.8, 4) is 0 Å². The molecular weight excluding hydrogens is 194 g/mol. The molecule has 0 fully saturated rings. The van der Waals surface area contributed by atoms with E-state index in [2.05, 4.69) is 18.2 Å². The van der Waals surface area contributed by atoms with E-state index in [1.807, 2.05) is 12.1 Å². The highest BCUT2D eigenvalue weighted by atomic mass is 14.5. The molecule has 2 N–H and O–H groups in total. The van der Waals surface area contributed by atoms with E-state index in [0.717, 1.165) is 6.54 Å². The van der Waals surface area contributed by atoms with Crippen molar-refractivity contribution in [3.05, 3.63) is 35.9 Å². The van der Waals surface area contributed by atoms with Gasteiger partial charge in [0.05, 0.1) is 0 Å². The van der Waals surface area contributed by atoms with Crippen LogP contribution in [0, 0.1) is 6.07 Å². The molecule has 0 atom stereocenters. The van der Waals surface area contributed by atoms with Crippen LogP contribution in [0.25, 0.3) is 0 Å². The number of aryl methyl sites for hydroxylation is 1. The first-order valence-electron chi connectivity index (χ1n) is 6.59. The molecule has 0 aliphatic heterocycles. The quantitative estimate of drug-likeness (QED) is 0.628. The van der Waals surface area contributed by atoms with Gasteiger partial charge in [-0.1, -0.05) is 56.4 Å². The molecule has 0 saturated heterocycles. The maximum Gasteiger partial charge on any atom is -0.00773 e. The molecule has 0 amide bonds. The number of hydrogen-bond acceptors (Lipinski definition) is 1. The molecule has 1 aromatic rings. The molecule has 0 spiro atoms. The minimum absolute atomic E-state index is 0.851. The molecule has 0 aliphatic carbocycles. The van der Waals surface area contributed by atoms with Crippen molar-refractivity contribution in [2.24, 2.45) is 5.73 Å². The molecule has 0 aliphatic rings. The van der Waals surface area contributed by atoms with Crippen LogP contribution in [0.5, 0.6) is 0 Å². The minimum Gasteiger partial charge on any atom is -0.330 e. The molecule has 0 heterocycles. The molecule has 1 aromatic carbocycles. The summed E-state index contributed by atoms with van der Waals surface area (Å²) in [4.78, 5) is 0. The van der Waals surface area contributed by atoms with Crippen molar-refractivity contribution in [3.63, 3.8) is 0 Å². The Morgan fingerprint density at radius 2 is 1.56 bits per heavy atom. The third-order valence-electron chi connectivity index (χ3n) is 2.92. The maximum atomic E-state index is 5.45. The van der Waals surface area contributed by atoms with Crippen LogP contribution in [-0.4, -0.2) is 6.54 Å². The lowest BCUT2D eigenvalue weighted by Gasteiger charge is -2.02. The second-order valence-electron chi connectivity index (χ2n) is 4.40. The summed E-state index contributed by atoms with van der Waals surface area (Å²) in [6, 6.07) is 11.6. The highest BCUT2D eigenvalue weighted by Gasteiger charge is 1.93. The van der Waals surface area contributed by atoms with Crippen molar-refractivity contribution in [1.82, 2.24) is 0 Å². The van der Waals surface area contributed by atoms with E-state index < -0.39 is 0 Å². The van der Waals surface area contributed by atoms with E-state index in [1.165, 1.54) is 56.9 Å². The summed E-state index contributed by atoms with van der Waals surface area (Å²) >= 11 is 0. The van der Waals surface area contributed by atoms with E-state index in [1.54, 1.807) is 0 Å². The average molecular weight is 218 g/mol. The lowest BCUT2D eigenvalue weighted by atomic mass is 10.0. The van der Waals surface area contributed by atoms with Crippen LogP contribution in [0.2, 0.25) is 0 Å². The third kappa shape index (κ3) is 6.62. The second-order valence-corrected chi connectivity index (χ2v) is 4.40. The van der Waals surface area contributed by atoms with E-state index >= 15 is 0 Å². The zero-order valence-electron chi connectivity index (χ0n) is 10.3. The number of hydrogen-bond donors (Lipinski definition) is 1. The Kier molecular flexibility index (Phi) is 7.79. The van der Waals surface area contributed by atoms with E-state index in [9.17, 15) is 0 Å². The van der Waals surface area contributed by atoms with E-state index in [4.69, 9.17) is 5.73 Å². The Balaban J connectivity index is 1.89. The fourth-order valence-electron chi connectivity index (χ4n) is 1.93. The van der Waals surface area contributed by atoms with Gasteiger partial charge in [0, 0.05) is 0 Å². The molecule has 89 valence electrons. The lowest BCUT2D eigenvalue weighted by Crippen LogP contribution is -1.97. The van der Waals surface area contributed by atoms with Crippen molar-refractivity contribution >= 4 is 0 Å². The monoisotopic (exact) mass is 218 g/mol. The van der Waals surface area contributed by atoms with Crippen LogP contribution in [0.15, 0.2) is 24.3 Å². The summed E-state index contributed by atoms with van der Waals surface area (Å²) in [6.45, 7) is 0.851. The highest BCUT2D eigenvalue weighted by Crippen LogP contribution is 2.09. The van der Waals surface area contributed by atoms with Crippen molar-refractivity contribution in [2.75, 3.05) is 6.54 Å². The van der Waals surface area contributed by atoms with Gasteiger partial charge in [0.1, 0.15) is 0 Å². The topological polar surface area (TPSA) is 26.0 Å². The van der Waals surface area contributed by atoms with Gasteiger partial charge in [-0.3, -0.25) is 0 Å². The Bertz CT molecular complexity index is 243. The van der Waals surface area contributed by atoms with Crippen molar-refractivity contribution in [2.45, 2.75) is 51.4 Å². The summed E-state index contributed by atoms with van der Waals surface area (Å²) < 4.78 is 0. The van der Waals surface area contributed by atoms with Gasteiger partial charge in [0.25, 0.3) is 0 Å². The standard InChI is InChI=1S/C15H24N/c16-14-10-5-3-1-2-4-7-11-15-12-8-6-9-13-15/h6,8-9,12H,1-5,7,10-11,14,16H2. The zero-order valence-corrected chi connectivity index (χ0v) is 10.3. The average Bonchev–Trinajstić information content (AvgIpc) is 2.34. The number of rotatable bonds is 9. The molecule has 1 heteroatoms. The molecule has 1 rings (SSSR count). The first-order valence-corrected chi connectivity index (χ1v) is 6.59. The smallest absolute Gasteiger partial charge is 0.00773 e. The van der Waals surface area contributed by atoms with Crippen LogP contribution in [0.1, 0.15) is 50.5 Å². The van der Waals surface area contributed by atoms with Crippen molar-refractivity contribution < 1.29 is 0 Å². The molecule has 0 bridgehead atoms. The fourth-order valence-corrected chi connectivity index (χ4v) is 1.93. The molecule has 0 unspecified atom stereocenters. The van der Waals surface area contributed by atoms with Gasteiger partial charge < -0.3 is 5.73 Å². The Labute approximate surface area is 100 Å². The SMILES string of the molecule is NCCCCCCCCCc1[c]cccc1. The van der Waals surface area contributed by atoms with Gasteiger partial charge in [-0.25, -0.2) is 0 Å². The summed E-state index contributed by atoms with van der Waals surface area (Å²) in [5, 5.41) is 0. The molecule has 1 nitrogen and oxygen atoms in total. The van der Waals surface area contributed by atoms with Gasteiger partial charge in [-0.15, -0.1) is 0 Å². The molecule has 1 radical (unpaired) electrons. The Hall–Kier alpha value is -0.820. The summed E-state index contributed by atoms with van der Waals surface area (Å²) in [5.41, 5.74) is 6.80. The van der Waals surface area contributed by atoms with Gasteiger partial charge >= 0.3 is 0 Å². The van der Waals surface area contributed by atoms with Gasteiger partial charge in [0.15, 0.2) is 0 Å². The fraction of sp³-hybridized carbons (Fsp3) is 0.600. The van der Waals surface area contributed by atoms with Crippen LogP contribution in [0.3, 0.4) is 0 Å². The predicted molar refractivity (Wildman–Crippen MR) is 70.4 cm³/mol. The van der Waals surface area contributed by atoms with Gasteiger partial charge in [0.2, 0.25) is 0 Å². The lowest BCUT2D eigenvalue weighted by molar-refractivity contribution is 0.582. The van der Waals surface area contributed by atoms with Gasteiger partial charge in [-0.2, -0.15) is 0 Å². The van der Waals surface area contributed by atoms with Crippen molar-refractivity contribution in [1.29, 1.82) is 0 Å². The molecule has 0 saturated carbocycles. The summed E-state index contributed by atoms with van der Waals surface area (Å²) in [6.07, 6.45) is 10.4. The third-order valence-corrected chi connectivity index (χ3v) is 2.92. The normalized spacial score (nSPS) is 10.6. The number of nitrogens with two attached hydrogens (primary N) is 1. The van der Waals surface area contributed by atoms with Crippen LogP contribution in [-0.2, 0) is 6.42 Å². The van der Waals surface area contributed by atoms with Crippen LogP contribution >= 0.6 is 0 Å². The van der Waals surface area contributed by atoms with Gasteiger partial charge in [-0.05, 0) is 37.4 Å². The summed E-state index contributed by atoms with van der Waals surface area (Å²) in [5.74, 6) is 0. The van der Waals surface area contributed by atoms with E-state index in [-0.39, 0.29) is 0 Å². The highest BCUT2D eigenvalue weighted by molar-refractivity contribution is 5.12. The molecule has 0 aromatic heterocycles. The first kappa shape index (κ1) is 13.2. The predicted octanol–water partition coefficient (Wildman–Crippen LogP) is 3.72. The summed E-state index contributed by atoms with van der Waals surface area (Å²) in [7, 11) is 0. The molecular formula is C15H24N. The molecule has 16 heavy (non-hydrogen) atoms. The number of benzene rings is 1.